The molecule has 0 aromatic heterocycles. The summed E-state index contributed by atoms with van der Waals surface area (Å²) < 4.78 is 5.42. The summed E-state index contributed by atoms with van der Waals surface area (Å²) >= 11 is 0. The van der Waals surface area contributed by atoms with E-state index in [1.54, 1.807) is 7.11 Å². The normalized spacial score (nSPS) is 20.5. The molecule has 3 N–H and O–H groups in total. The number of carbonyl (C=O) groups is 1. The van der Waals surface area contributed by atoms with Crippen LogP contribution in [-0.2, 0) is 9.53 Å². The average molecular weight is 214 g/mol. The van der Waals surface area contributed by atoms with Gasteiger partial charge in [0.2, 0.25) is 5.91 Å². The van der Waals surface area contributed by atoms with Crippen molar-refractivity contribution in [2.45, 2.75) is 38.2 Å². The first-order valence-corrected chi connectivity index (χ1v) is 5.64. The summed E-state index contributed by atoms with van der Waals surface area (Å²) in [5, 5.41) is 2.92. The lowest BCUT2D eigenvalue weighted by atomic mass is 9.80. The number of rotatable bonds is 6. The van der Waals surface area contributed by atoms with Crippen molar-refractivity contribution in [1.82, 2.24) is 5.32 Å². The largest absolute Gasteiger partial charge is 0.376 e. The highest BCUT2D eigenvalue weighted by atomic mass is 16.5. The average Bonchev–Trinajstić information content (AvgIpc) is 2.16. The van der Waals surface area contributed by atoms with E-state index in [9.17, 15) is 4.79 Å². The molecular weight excluding hydrogens is 192 g/mol. The first-order valence-electron chi connectivity index (χ1n) is 5.64. The predicted molar refractivity (Wildman–Crippen MR) is 59.4 cm³/mol. The lowest BCUT2D eigenvalue weighted by Crippen LogP contribution is -2.49. The van der Waals surface area contributed by atoms with E-state index in [1.165, 1.54) is 6.42 Å². The Hall–Kier alpha value is -0.610. The number of hydrogen-bond donors (Lipinski definition) is 2. The quantitative estimate of drug-likeness (QED) is 0.682. The van der Waals surface area contributed by atoms with Gasteiger partial charge >= 0.3 is 0 Å². The van der Waals surface area contributed by atoms with Crippen molar-refractivity contribution in [2.75, 3.05) is 20.2 Å². The summed E-state index contributed by atoms with van der Waals surface area (Å²) in [5.41, 5.74) is 5.38. The number of methoxy groups -OCH3 is 1. The fraction of sp³-hybridized carbons (Fsp3) is 0.909. The van der Waals surface area contributed by atoms with Gasteiger partial charge in [-0.2, -0.15) is 0 Å². The van der Waals surface area contributed by atoms with E-state index in [2.05, 4.69) is 5.32 Å². The standard InChI is InChI=1S/C11H22N2O2/c1-9(7-12)6-10(14)13-8-11(15-2)4-3-5-11/h9H,3-8,12H2,1-2H3,(H,13,14). The Morgan fingerprint density at radius 3 is 2.67 bits per heavy atom. The highest BCUT2D eigenvalue weighted by Crippen LogP contribution is 2.34. The Morgan fingerprint density at radius 2 is 2.27 bits per heavy atom. The summed E-state index contributed by atoms with van der Waals surface area (Å²) in [4.78, 5) is 11.5. The van der Waals surface area contributed by atoms with E-state index in [1.807, 2.05) is 6.92 Å². The Kier molecular flexibility index (Phi) is 4.54. The molecule has 1 amide bonds. The van der Waals surface area contributed by atoms with Crippen LogP contribution in [0.2, 0.25) is 0 Å². The number of nitrogens with two attached hydrogens (primary N) is 1. The summed E-state index contributed by atoms with van der Waals surface area (Å²) in [6, 6.07) is 0. The first-order chi connectivity index (χ1) is 7.12. The van der Waals surface area contributed by atoms with Crippen LogP contribution in [0.3, 0.4) is 0 Å². The number of amides is 1. The minimum Gasteiger partial charge on any atom is -0.376 e. The molecule has 1 aliphatic carbocycles. The van der Waals surface area contributed by atoms with Gasteiger partial charge in [0.1, 0.15) is 0 Å². The lowest BCUT2D eigenvalue weighted by Gasteiger charge is -2.40. The maximum atomic E-state index is 11.5. The summed E-state index contributed by atoms with van der Waals surface area (Å²) in [6.45, 7) is 3.18. The maximum Gasteiger partial charge on any atom is 0.220 e. The molecule has 88 valence electrons. The van der Waals surface area contributed by atoms with Crippen molar-refractivity contribution in [3.05, 3.63) is 0 Å². The molecule has 0 aliphatic heterocycles. The van der Waals surface area contributed by atoms with E-state index in [0.29, 0.717) is 19.5 Å². The summed E-state index contributed by atoms with van der Waals surface area (Å²) in [7, 11) is 1.72. The molecule has 4 heteroatoms. The molecule has 0 radical (unpaired) electrons. The molecule has 0 aromatic rings. The van der Waals surface area contributed by atoms with Crippen molar-refractivity contribution >= 4 is 5.91 Å². The maximum absolute atomic E-state index is 11.5. The minimum atomic E-state index is -0.0817. The van der Waals surface area contributed by atoms with Gasteiger partial charge in [-0.1, -0.05) is 6.92 Å². The second-order valence-electron chi connectivity index (χ2n) is 4.56. The minimum absolute atomic E-state index is 0.0799. The van der Waals surface area contributed by atoms with Gasteiger partial charge in [-0.3, -0.25) is 4.79 Å². The smallest absolute Gasteiger partial charge is 0.220 e. The van der Waals surface area contributed by atoms with Gasteiger partial charge in [0.25, 0.3) is 0 Å². The van der Waals surface area contributed by atoms with Crippen LogP contribution in [0.25, 0.3) is 0 Å². The number of hydrogen-bond acceptors (Lipinski definition) is 3. The molecule has 1 unspecified atom stereocenters. The highest BCUT2D eigenvalue weighted by molar-refractivity contribution is 5.76. The van der Waals surface area contributed by atoms with Crippen LogP contribution < -0.4 is 11.1 Å². The molecule has 0 spiro atoms. The van der Waals surface area contributed by atoms with E-state index in [0.717, 1.165) is 12.8 Å². The Morgan fingerprint density at radius 1 is 1.60 bits per heavy atom. The van der Waals surface area contributed by atoms with Crippen LogP contribution in [0.4, 0.5) is 0 Å². The van der Waals surface area contributed by atoms with Crippen molar-refractivity contribution in [3.8, 4) is 0 Å². The van der Waals surface area contributed by atoms with E-state index in [4.69, 9.17) is 10.5 Å². The zero-order chi connectivity index (χ0) is 11.3. The summed E-state index contributed by atoms with van der Waals surface area (Å²) in [6.07, 6.45) is 3.81. The van der Waals surface area contributed by atoms with E-state index < -0.39 is 0 Å². The zero-order valence-electron chi connectivity index (χ0n) is 9.71. The molecule has 1 atom stereocenters. The molecular formula is C11H22N2O2. The molecule has 15 heavy (non-hydrogen) atoms. The van der Waals surface area contributed by atoms with Gasteiger partial charge in [-0.25, -0.2) is 0 Å². The van der Waals surface area contributed by atoms with Crippen LogP contribution in [0, 0.1) is 5.92 Å². The SMILES string of the molecule is COC1(CNC(=O)CC(C)CN)CCC1. The number of ether oxygens (including phenoxy) is 1. The summed E-state index contributed by atoms with van der Waals surface area (Å²) in [5.74, 6) is 0.334. The highest BCUT2D eigenvalue weighted by Gasteiger charge is 2.37. The lowest BCUT2D eigenvalue weighted by molar-refractivity contribution is -0.125. The van der Waals surface area contributed by atoms with Crippen molar-refractivity contribution in [2.24, 2.45) is 11.7 Å². The third-order valence-electron chi connectivity index (χ3n) is 3.24. The molecule has 1 saturated carbocycles. The van der Waals surface area contributed by atoms with E-state index in [-0.39, 0.29) is 17.4 Å². The molecule has 0 saturated heterocycles. The van der Waals surface area contributed by atoms with Gasteiger partial charge in [-0.15, -0.1) is 0 Å². The predicted octanol–water partition coefficient (Wildman–Crippen LogP) is 0.657. The van der Waals surface area contributed by atoms with Crippen molar-refractivity contribution < 1.29 is 9.53 Å². The second kappa shape index (κ2) is 5.47. The Bertz CT molecular complexity index is 209. The van der Waals surface area contributed by atoms with Crippen LogP contribution in [0.5, 0.6) is 0 Å². The van der Waals surface area contributed by atoms with Gasteiger partial charge in [-0.05, 0) is 31.7 Å². The fourth-order valence-electron chi connectivity index (χ4n) is 1.76. The molecule has 0 bridgehead atoms. The van der Waals surface area contributed by atoms with E-state index >= 15 is 0 Å². The molecule has 1 aliphatic rings. The molecule has 0 aromatic carbocycles. The third-order valence-corrected chi connectivity index (χ3v) is 3.24. The third kappa shape index (κ3) is 3.47. The fourth-order valence-corrected chi connectivity index (χ4v) is 1.76. The van der Waals surface area contributed by atoms with Crippen molar-refractivity contribution in [1.29, 1.82) is 0 Å². The van der Waals surface area contributed by atoms with Gasteiger partial charge in [0, 0.05) is 20.1 Å². The van der Waals surface area contributed by atoms with Crippen LogP contribution in [-0.4, -0.2) is 31.7 Å². The second-order valence-corrected chi connectivity index (χ2v) is 4.56. The van der Waals surface area contributed by atoms with Crippen LogP contribution in [0.1, 0.15) is 32.6 Å². The Balaban J connectivity index is 2.21. The number of nitrogens with one attached hydrogen (secondary N) is 1. The molecule has 1 rings (SSSR count). The van der Waals surface area contributed by atoms with Crippen LogP contribution >= 0.6 is 0 Å². The van der Waals surface area contributed by atoms with Gasteiger partial charge in [0.15, 0.2) is 0 Å². The molecule has 0 heterocycles. The number of carbonyl (C=O) groups excluding carboxylic acids is 1. The van der Waals surface area contributed by atoms with Gasteiger partial charge in [0.05, 0.1) is 5.60 Å². The molecule has 4 nitrogen and oxygen atoms in total. The zero-order valence-corrected chi connectivity index (χ0v) is 9.71. The van der Waals surface area contributed by atoms with Gasteiger partial charge < -0.3 is 15.8 Å². The Labute approximate surface area is 91.5 Å². The van der Waals surface area contributed by atoms with Crippen LogP contribution in [0.15, 0.2) is 0 Å². The monoisotopic (exact) mass is 214 g/mol. The molecule has 1 fully saturated rings. The first kappa shape index (κ1) is 12.5. The van der Waals surface area contributed by atoms with Crippen molar-refractivity contribution in [3.63, 3.8) is 0 Å². The topological polar surface area (TPSA) is 64.3 Å².